The van der Waals surface area contributed by atoms with Crippen LogP contribution in [0.4, 0.5) is 4.39 Å². The minimum absolute atomic E-state index is 0.0195. The quantitative estimate of drug-likeness (QED) is 0.687. The Morgan fingerprint density at radius 2 is 1.92 bits per heavy atom. The van der Waals surface area contributed by atoms with Crippen LogP contribution in [0, 0.1) is 17.1 Å². The molecular formula is C19H14ClFN2S. The van der Waals surface area contributed by atoms with Gasteiger partial charge < -0.3 is 5.73 Å². The topological polar surface area (TPSA) is 49.8 Å². The lowest BCUT2D eigenvalue weighted by Gasteiger charge is -2.09. The van der Waals surface area contributed by atoms with E-state index in [1.807, 2.05) is 42.5 Å². The van der Waals surface area contributed by atoms with E-state index in [4.69, 9.17) is 22.6 Å². The van der Waals surface area contributed by atoms with E-state index in [9.17, 15) is 4.39 Å². The molecule has 1 heterocycles. The molecule has 3 aromatic rings. The van der Waals surface area contributed by atoms with E-state index in [0.717, 1.165) is 16.0 Å². The van der Waals surface area contributed by atoms with Crippen molar-refractivity contribution in [3.05, 3.63) is 80.8 Å². The molecule has 24 heavy (non-hydrogen) atoms. The Kier molecular flexibility index (Phi) is 4.96. The lowest BCUT2D eigenvalue weighted by atomic mass is 10.0. The van der Waals surface area contributed by atoms with Gasteiger partial charge in [-0.2, -0.15) is 5.26 Å². The Bertz CT molecular complexity index is 899. The summed E-state index contributed by atoms with van der Waals surface area (Å²) in [6.07, 6.45) is 0.707. The number of thiophene rings is 1. The Hall–Kier alpha value is -2.19. The van der Waals surface area contributed by atoms with Crippen molar-refractivity contribution in [3.8, 4) is 17.2 Å². The van der Waals surface area contributed by atoms with Crippen molar-refractivity contribution in [2.75, 3.05) is 0 Å². The van der Waals surface area contributed by atoms with Gasteiger partial charge in [-0.05, 0) is 35.7 Å². The minimum Gasteiger partial charge on any atom is -0.323 e. The highest BCUT2D eigenvalue weighted by Gasteiger charge is 2.16. The van der Waals surface area contributed by atoms with E-state index in [1.54, 1.807) is 6.07 Å². The summed E-state index contributed by atoms with van der Waals surface area (Å²) >= 11 is 7.73. The standard InChI is InChI=1S/C19H14ClFN2S/c20-19-15(13-6-7-14(11-22)16(21)9-13)10-18(24-19)17(23)8-12-4-2-1-3-5-12/h1-7,9-10,17H,8,23H2. The third-order valence-corrected chi connectivity index (χ3v) is 5.26. The molecule has 1 unspecified atom stereocenters. The number of hydrogen-bond donors (Lipinski definition) is 1. The van der Waals surface area contributed by atoms with Gasteiger partial charge >= 0.3 is 0 Å². The van der Waals surface area contributed by atoms with E-state index in [2.05, 4.69) is 0 Å². The van der Waals surface area contributed by atoms with Gasteiger partial charge in [-0.25, -0.2) is 4.39 Å². The van der Waals surface area contributed by atoms with Crippen LogP contribution in [0.3, 0.4) is 0 Å². The van der Waals surface area contributed by atoms with E-state index < -0.39 is 5.82 Å². The first-order chi connectivity index (χ1) is 11.6. The molecule has 1 aromatic heterocycles. The molecule has 3 rings (SSSR count). The molecule has 2 nitrogen and oxygen atoms in total. The van der Waals surface area contributed by atoms with E-state index in [-0.39, 0.29) is 11.6 Å². The normalized spacial score (nSPS) is 11.9. The maximum atomic E-state index is 13.8. The van der Waals surface area contributed by atoms with E-state index in [0.29, 0.717) is 16.3 Å². The Labute approximate surface area is 148 Å². The second-order valence-corrected chi connectivity index (χ2v) is 7.12. The van der Waals surface area contributed by atoms with Crippen molar-refractivity contribution in [1.29, 1.82) is 5.26 Å². The smallest absolute Gasteiger partial charge is 0.141 e. The molecule has 2 N–H and O–H groups in total. The fourth-order valence-electron chi connectivity index (χ4n) is 2.51. The predicted octanol–water partition coefficient (Wildman–Crippen LogP) is 5.32. The monoisotopic (exact) mass is 356 g/mol. The second-order valence-electron chi connectivity index (χ2n) is 5.44. The first kappa shape index (κ1) is 16.7. The molecule has 0 bridgehead atoms. The Balaban J connectivity index is 1.87. The fourth-order valence-corrected chi connectivity index (χ4v) is 3.84. The van der Waals surface area contributed by atoms with Crippen molar-refractivity contribution < 1.29 is 4.39 Å². The maximum Gasteiger partial charge on any atom is 0.141 e. The van der Waals surface area contributed by atoms with E-state index >= 15 is 0 Å². The van der Waals surface area contributed by atoms with Gasteiger partial charge in [0.15, 0.2) is 0 Å². The van der Waals surface area contributed by atoms with Crippen molar-refractivity contribution in [2.24, 2.45) is 5.73 Å². The summed E-state index contributed by atoms with van der Waals surface area (Å²) < 4.78 is 14.4. The molecule has 0 fully saturated rings. The summed E-state index contributed by atoms with van der Waals surface area (Å²) in [6, 6.07) is 18.0. The highest BCUT2D eigenvalue weighted by Crippen LogP contribution is 2.38. The minimum atomic E-state index is -0.549. The summed E-state index contributed by atoms with van der Waals surface area (Å²) in [7, 11) is 0. The summed E-state index contributed by atoms with van der Waals surface area (Å²) in [6.45, 7) is 0. The van der Waals surface area contributed by atoms with Crippen LogP contribution in [-0.2, 0) is 6.42 Å². The molecule has 120 valence electrons. The van der Waals surface area contributed by atoms with Crippen LogP contribution in [0.2, 0.25) is 4.34 Å². The number of nitrogens with zero attached hydrogens (tertiary/aromatic N) is 1. The van der Waals surface area contributed by atoms with Crippen molar-refractivity contribution in [3.63, 3.8) is 0 Å². The van der Waals surface area contributed by atoms with Gasteiger partial charge in [-0.15, -0.1) is 11.3 Å². The van der Waals surface area contributed by atoms with Crippen LogP contribution in [0.25, 0.3) is 11.1 Å². The van der Waals surface area contributed by atoms with Crippen molar-refractivity contribution >= 4 is 22.9 Å². The molecule has 0 spiro atoms. The molecule has 0 saturated heterocycles. The largest absolute Gasteiger partial charge is 0.323 e. The number of halogens is 2. The summed E-state index contributed by atoms with van der Waals surface area (Å²) in [5, 5.41) is 8.82. The number of nitrogens with two attached hydrogens (primary N) is 1. The van der Waals surface area contributed by atoms with Gasteiger partial charge in [0.05, 0.1) is 5.56 Å². The SMILES string of the molecule is N#Cc1ccc(-c2cc(C(N)Cc3ccccc3)sc2Cl)cc1F. The predicted molar refractivity (Wildman–Crippen MR) is 96.5 cm³/mol. The molecule has 0 aliphatic heterocycles. The molecule has 0 aliphatic rings. The van der Waals surface area contributed by atoms with Gasteiger partial charge in [0.2, 0.25) is 0 Å². The molecule has 5 heteroatoms. The molecule has 0 aliphatic carbocycles. The second kappa shape index (κ2) is 7.14. The van der Waals surface area contributed by atoms with E-state index in [1.165, 1.54) is 23.5 Å². The third-order valence-electron chi connectivity index (χ3n) is 3.77. The van der Waals surface area contributed by atoms with Crippen LogP contribution in [-0.4, -0.2) is 0 Å². The lowest BCUT2D eigenvalue weighted by Crippen LogP contribution is -2.11. The molecule has 0 amide bonds. The summed E-state index contributed by atoms with van der Waals surface area (Å²) in [5.74, 6) is -0.549. The Morgan fingerprint density at radius 1 is 1.17 bits per heavy atom. The van der Waals surface area contributed by atoms with Gasteiger partial charge in [0.1, 0.15) is 16.2 Å². The Morgan fingerprint density at radius 3 is 2.58 bits per heavy atom. The van der Waals surface area contributed by atoms with Gasteiger partial charge in [0, 0.05) is 16.5 Å². The first-order valence-corrected chi connectivity index (χ1v) is 8.56. The molecule has 1 atom stereocenters. The molecular weight excluding hydrogens is 343 g/mol. The molecule has 2 aromatic carbocycles. The average Bonchev–Trinajstić information content (AvgIpc) is 2.98. The van der Waals surface area contributed by atoms with Crippen molar-refractivity contribution in [1.82, 2.24) is 0 Å². The van der Waals surface area contributed by atoms with Crippen LogP contribution in [0.5, 0.6) is 0 Å². The lowest BCUT2D eigenvalue weighted by molar-refractivity contribution is 0.624. The zero-order valence-electron chi connectivity index (χ0n) is 12.7. The zero-order chi connectivity index (χ0) is 17.1. The molecule has 0 saturated carbocycles. The first-order valence-electron chi connectivity index (χ1n) is 7.37. The highest BCUT2D eigenvalue weighted by atomic mass is 35.5. The average molecular weight is 357 g/mol. The summed E-state index contributed by atoms with van der Waals surface area (Å²) in [4.78, 5) is 0.948. The molecule has 0 radical (unpaired) electrons. The summed E-state index contributed by atoms with van der Waals surface area (Å²) in [5.41, 5.74) is 8.85. The van der Waals surface area contributed by atoms with Crippen LogP contribution >= 0.6 is 22.9 Å². The van der Waals surface area contributed by atoms with Crippen LogP contribution in [0.1, 0.15) is 22.0 Å². The highest BCUT2D eigenvalue weighted by molar-refractivity contribution is 7.16. The number of rotatable bonds is 4. The van der Waals surface area contributed by atoms with Crippen LogP contribution in [0.15, 0.2) is 54.6 Å². The zero-order valence-corrected chi connectivity index (χ0v) is 14.2. The third kappa shape index (κ3) is 3.49. The van der Waals surface area contributed by atoms with Crippen molar-refractivity contribution in [2.45, 2.75) is 12.5 Å². The number of nitriles is 1. The number of hydrogen-bond acceptors (Lipinski definition) is 3. The van der Waals surface area contributed by atoms with Crippen LogP contribution < -0.4 is 5.73 Å². The number of benzene rings is 2. The van der Waals surface area contributed by atoms with Gasteiger partial charge in [0.25, 0.3) is 0 Å². The fraction of sp³-hybridized carbons (Fsp3) is 0.105. The van der Waals surface area contributed by atoms with Gasteiger partial charge in [-0.3, -0.25) is 0 Å². The van der Waals surface area contributed by atoms with Gasteiger partial charge in [-0.1, -0.05) is 48.0 Å². The maximum absolute atomic E-state index is 13.8.